The van der Waals surface area contributed by atoms with Crippen LogP contribution in [0.3, 0.4) is 0 Å². The van der Waals surface area contributed by atoms with Crippen molar-refractivity contribution < 1.29 is 14.0 Å². The van der Waals surface area contributed by atoms with E-state index in [4.69, 9.17) is 11.6 Å². The molecule has 0 radical (unpaired) electrons. The Bertz CT molecular complexity index is 846. The van der Waals surface area contributed by atoms with Crippen molar-refractivity contribution in [2.45, 2.75) is 25.4 Å². The van der Waals surface area contributed by atoms with Crippen LogP contribution in [0.5, 0.6) is 0 Å². The molecule has 136 valence electrons. The third kappa shape index (κ3) is 4.37. The minimum Gasteiger partial charge on any atom is -0.326 e. The number of hydrazine groups is 1. The summed E-state index contributed by atoms with van der Waals surface area (Å²) in [5, 5.41) is 5.73. The van der Waals surface area contributed by atoms with Crippen molar-refractivity contribution in [3.63, 3.8) is 0 Å². The quantitative estimate of drug-likeness (QED) is 0.661. The highest BCUT2D eigenvalue weighted by atomic mass is 35.5. The molecule has 0 bridgehead atoms. The van der Waals surface area contributed by atoms with E-state index in [-0.39, 0.29) is 23.5 Å². The van der Waals surface area contributed by atoms with E-state index >= 15 is 0 Å². The van der Waals surface area contributed by atoms with Gasteiger partial charge in [-0.1, -0.05) is 23.7 Å². The lowest BCUT2D eigenvalue weighted by Crippen LogP contribution is -2.39. The molecule has 0 aliphatic carbocycles. The molecule has 2 atom stereocenters. The highest BCUT2D eigenvalue weighted by Crippen LogP contribution is 2.26. The number of halogens is 2. The Kier molecular flexibility index (Phi) is 5.51. The fourth-order valence-electron chi connectivity index (χ4n) is 2.79. The molecule has 2 aromatic carbocycles. The summed E-state index contributed by atoms with van der Waals surface area (Å²) in [6.07, 6.45) is 0.485. The second-order valence-electron chi connectivity index (χ2n) is 6.05. The number of amides is 2. The third-order valence-corrected chi connectivity index (χ3v) is 4.25. The first kappa shape index (κ1) is 18.3. The number of rotatable bonds is 4. The van der Waals surface area contributed by atoms with Crippen LogP contribution in [0.2, 0.25) is 5.02 Å². The molecule has 1 aliphatic rings. The smallest absolute Gasteiger partial charge is 0.243 e. The summed E-state index contributed by atoms with van der Waals surface area (Å²) in [5.74, 6) is -1.23. The summed E-state index contributed by atoms with van der Waals surface area (Å²) in [7, 11) is 0. The van der Waals surface area contributed by atoms with Crippen molar-refractivity contribution >= 4 is 34.8 Å². The lowest BCUT2D eigenvalue weighted by molar-refractivity contribution is -0.118. The molecule has 1 fully saturated rings. The van der Waals surface area contributed by atoms with Gasteiger partial charge in [0.2, 0.25) is 11.8 Å². The maximum atomic E-state index is 14.0. The summed E-state index contributed by atoms with van der Waals surface area (Å²) in [4.78, 5) is 23.6. The zero-order valence-corrected chi connectivity index (χ0v) is 14.7. The molecule has 3 rings (SSSR count). The SMILES string of the molecule is CC(=O)Nc1ccc(F)c(NC(=O)C2CC(c3cccc(Cl)c3)NN2)c1. The Morgan fingerprint density at radius 1 is 1.15 bits per heavy atom. The Morgan fingerprint density at radius 2 is 1.96 bits per heavy atom. The number of nitrogens with one attached hydrogen (secondary N) is 4. The Labute approximate surface area is 155 Å². The monoisotopic (exact) mass is 376 g/mol. The number of anilines is 2. The van der Waals surface area contributed by atoms with Gasteiger partial charge in [0.05, 0.1) is 5.69 Å². The Hall–Kier alpha value is -2.48. The third-order valence-electron chi connectivity index (χ3n) is 4.02. The van der Waals surface area contributed by atoms with Gasteiger partial charge in [-0.2, -0.15) is 0 Å². The summed E-state index contributed by atoms with van der Waals surface area (Å²) in [6.45, 7) is 1.35. The van der Waals surface area contributed by atoms with Gasteiger partial charge in [-0.05, 0) is 42.3 Å². The molecule has 2 amide bonds. The Balaban J connectivity index is 1.66. The van der Waals surface area contributed by atoms with E-state index in [1.54, 1.807) is 6.07 Å². The van der Waals surface area contributed by atoms with Gasteiger partial charge in [0, 0.05) is 23.7 Å². The largest absolute Gasteiger partial charge is 0.326 e. The van der Waals surface area contributed by atoms with Crippen LogP contribution in [0, 0.1) is 5.82 Å². The first-order valence-corrected chi connectivity index (χ1v) is 8.44. The summed E-state index contributed by atoms with van der Waals surface area (Å²) in [5.41, 5.74) is 7.33. The number of carbonyl (C=O) groups is 2. The van der Waals surface area contributed by atoms with Crippen LogP contribution in [0.15, 0.2) is 42.5 Å². The average Bonchev–Trinajstić information content (AvgIpc) is 3.07. The lowest BCUT2D eigenvalue weighted by Gasteiger charge is -2.13. The molecule has 6 nitrogen and oxygen atoms in total. The van der Waals surface area contributed by atoms with Gasteiger partial charge < -0.3 is 10.6 Å². The molecule has 26 heavy (non-hydrogen) atoms. The highest BCUT2D eigenvalue weighted by molar-refractivity contribution is 6.30. The second kappa shape index (κ2) is 7.82. The second-order valence-corrected chi connectivity index (χ2v) is 6.49. The maximum Gasteiger partial charge on any atom is 0.243 e. The van der Waals surface area contributed by atoms with Crippen LogP contribution in [-0.2, 0) is 9.59 Å². The molecule has 1 saturated heterocycles. The number of hydrogen-bond acceptors (Lipinski definition) is 4. The summed E-state index contributed by atoms with van der Waals surface area (Å²) in [6, 6.07) is 10.7. The van der Waals surface area contributed by atoms with Crippen LogP contribution >= 0.6 is 11.6 Å². The fourth-order valence-corrected chi connectivity index (χ4v) is 2.99. The van der Waals surface area contributed by atoms with E-state index in [0.717, 1.165) is 5.56 Å². The van der Waals surface area contributed by atoms with Gasteiger partial charge in [0.1, 0.15) is 11.9 Å². The zero-order chi connectivity index (χ0) is 18.7. The van der Waals surface area contributed by atoms with Crippen molar-refractivity contribution in [3.8, 4) is 0 Å². The number of carbonyl (C=O) groups excluding carboxylic acids is 2. The molecule has 0 aromatic heterocycles. The van der Waals surface area contributed by atoms with Crippen LogP contribution < -0.4 is 21.5 Å². The van der Waals surface area contributed by atoms with Crippen molar-refractivity contribution in [2.75, 3.05) is 10.6 Å². The van der Waals surface area contributed by atoms with Crippen LogP contribution in [0.25, 0.3) is 0 Å². The minimum absolute atomic E-state index is 0.00857. The number of benzene rings is 2. The highest BCUT2D eigenvalue weighted by Gasteiger charge is 2.30. The predicted octanol–water partition coefficient (Wildman–Crippen LogP) is 2.98. The molecule has 8 heteroatoms. The average molecular weight is 377 g/mol. The minimum atomic E-state index is -0.579. The molecule has 2 unspecified atom stereocenters. The molecule has 2 aromatic rings. The molecule has 1 heterocycles. The standard InChI is InChI=1S/C18H18ClFN4O2/c1-10(25)21-13-5-6-14(20)16(8-13)22-18(26)17-9-15(23-24-17)11-3-2-4-12(19)7-11/h2-8,15,17,23-24H,9H2,1H3,(H,21,25)(H,22,26). The van der Waals surface area contributed by atoms with E-state index in [1.165, 1.54) is 25.1 Å². The molecule has 1 aliphatic heterocycles. The normalized spacial score (nSPS) is 19.2. The number of hydrogen-bond donors (Lipinski definition) is 4. The van der Waals surface area contributed by atoms with Gasteiger partial charge >= 0.3 is 0 Å². The van der Waals surface area contributed by atoms with Gasteiger partial charge in [0.15, 0.2) is 0 Å². The van der Waals surface area contributed by atoms with Gasteiger partial charge in [-0.15, -0.1) is 0 Å². The van der Waals surface area contributed by atoms with Crippen LogP contribution in [-0.4, -0.2) is 17.9 Å². The van der Waals surface area contributed by atoms with E-state index in [2.05, 4.69) is 21.5 Å². The van der Waals surface area contributed by atoms with Gasteiger partial charge in [-0.3, -0.25) is 9.59 Å². The Morgan fingerprint density at radius 3 is 2.69 bits per heavy atom. The van der Waals surface area contributed by atoms with Gasteiger partial charge in [-0.25, -0.2) is 15.2 Å². The maximum absolute atomic E-state index is 14.0. The van der Waals surface area contributed by atoms with Crippen molar-refractivity contribution in [3.05, 3.63) is 58.9 Å². The molecular weight excluding hydrogens is 359 g/mol. The van der Waals surface area contributed by atoms with E-state index in [1.807, 2.05) is 18.2 Å². The summed E-state index contributed by atoms with van der Waals surface area (Å²) < 4.78 is 14.0. The zero-order valence-electron chi connectivity index (χ0n) is 14.0. The molecule has 0 spiro atoms. The first-order chi connectivity index (χ1) is 12.4. The van der Waals surface area contributed by atoms with Gasteiger partial charge in [0.25, 0.3) is 0 Å². The first-order valence-electron chi connectivity index (χ1n) is 8.07. The van der Waals surface area contributed by atoms with Crippen LogP contribution in [0.4, 0.5) is 15.8 Å². The van der Waals surface area contributed by atoms with E-state index < -0.39 is 11.9 Å². The molecule has 0 saturated carbocycles. The topological polar surface area (TPSA) is 82.3 Å². The van der Waals surface area contributed by atoms with E-state index in [9.17, 15) is 14.0 Å². The molecular formula is C18H18ClFN4O2. The van der Waals surface area contributed by atoms with Crippen molar-refractivity contribution in [1.82, 2.24) is 10.9 Å². The predicted molar refractivity (Wildman–Crippen MR) is 98.2 cm³/mol. The van der Waals surface area contributed by atoms with Crippen molar-refractivity contribution in [2.24, 2.45) is 0 Å². The van der Waals surface area contributed by atoms with E-state index in [0.29, 0.717) is 17.1 Å². The van der Waals surface area contributed by atoms with Crippen molar-refractivity contribution in [1.29, 1.82) is 0 Å². The lowest BCUT2D eigenvalue weighted by atomic mass is 10.0. The van der Waals surface area contributed by atoms with Crippen LogP contribution in [0.1, 0.15) is 24.9 Å². The fraction of sp³-hybridized carbons (Fsp3) is 0.222. The molecule has 4 N–H and O–H groups in total. The summed E-state index contributed by atoms with van der Waals surface area (Å²) >= 11 is 6.00.